The van der Waals surface area contributed by atoms with Gasteiger partial charge in [0.1, 0.15) is 0 Å². The van der Waals surface area contributed by atoms with Gasteiger partial charge in [0.15, 0.2) is 0 Å². The van der Waals surface area contributed by atoms with E-state index < -0.39 is 0 Å². The van der Waals surface area contributed by atoms with Gasteiger partial charge in [0.05, 0.1) is 5.92 Å². The zero-order valence-electron chi connectivity index (χ0n) is 15.5. The summed E-state index contributed by atoms with van der Waals surface area (Å²) in [6, 6.07) is 3.97. The Balaban J connectivity index is 1.43. The number of anilines is 1. The highest BCUT2D eigenvalue weighted by Crippen LogP contribution is 2.30. The monoisotopic (exact) mass is 373 g/mol. The fraction of sp³-hybridized carbons (Fsp3) is 0.632. The third kappa shape index (κ3) is 3.63. The Morgan fingerprint density at radius 1 is 1.08 bits per heavy atom. The van der Waals surface area contributed by atoms with Crippen LogP contribution in [0.1, 0.15) is 33.1 Å². The molecule has 0 N–H and O–H groups in total. The van der Waals surface area contributed by atoms with Gasteiger partial charge in [0.25, 0.3) is 0 Å². The Hall–Kier alpha value is -1.89. The number of carbonyl (C=O) groups is 1. The van der Waals surface area contributed by atoms with Crippen LogP contribution in [-0.2, 0) is 4.79 Å². The molecule has 2 aromatic rings. The number of piperidine rings is 2. The van der Waals surface area contributed by atoms with Crippen molar-refractivity contribution in [1.82, 2.24) is 19.7 Å². The van der Waals surface area contributed by atoms with E-state index in [2.05, 4.69) is 33.8 Å². The van der Waals surface area contributed by atoms with Crippen LogP contribution in [0.2, 0.25) is 0 Å². The van der Waals surface area contributed by atoms with E-state index in [0.29, 0.717) is 17.7 Å². The molecule has 0 spiro atoms. The minimum atomic E-state index is 0.0835. The Kier molecular flexibility index (Phi) is 4.98. The van der Waals surface area contributed by atoms with Gasteiger partial charge in [-0.1, -0.05) is 25.2 Å². The van der Waals surface area contributed by atoms with Crippen molar-refractivity contribution >= 4 is 22.4 Å². The van der Waals surface area contributed by atoms with Crippen LogP contribution in [0.5, 0.6) is 0 Å². The van der Waals surface area contributed by atoms with Crippen molar-refractivity contribution in [3.8, 4) is 5.13 Å². The van der Waals surface area contributed by atoms with Crippen molar-refractivity contribution in [1.29, 1.82) is 0 Å². The first-order chi connectivity index (χ1) is 12.6. The maximum atomic E-state index is 13.1. The molecule has 0 aliphatic carbocycles. The van der Waals surface area contributed by atoms with E-state index >= 15 is 0 Å². The fourth-order valence-electron chi connectivity index (χ4n) is 4.36. The van der Waals surface area contributed by atoms with Crippen molar-refractivity contribution < 1.29 is 4.79 Å². The van der Waals surface area contributed by atoms with Crippen LogP contribution in [0.25, 0.3) is 5.13 Å². The van der Waals surface area contributed by atoms with Crippen molar-refractivity contribution in [3.05, 3.63) is 24.5 Å². The maximum absolute atomic E-state index is 13.1. The maximum Gasteiger partial charge on any atom is 0.227 e. The molecule has 26 heavy (non-hydrogen) atoms. The second-order valence-corrected chi connectivity index (χ2v) is 8.87. The molecule has 140 valence electrons. The Bertz CT molecular complexity index is 733. The van der Waals surface area contributed by atoms with Crippen LogP contribution in [0.4, 0.5) is 5.13 Å². The molecule has 6 nitrogen and oxygen atoms in total. The summed E-state index contributed by atoms with van der Waals surface area (Å²) >= 11 is 1.59. The first-order valence-electron chi connectivity index (χ1n) is 9.60. The van der Waals surface area contributed by atoms with E-state index in [1.54, 1.807) is 11.3 Å². The first kappa shape index (κ1) is 17.5. The van der Waals surface area contributed by atoms with Gasteiger partial charge in [-0.15, -0.1) is 10.2 Å². The van der Waals surface area contributed by atoms with E-state index in [0.717, 1.165) is 49.3 Å². The largest absolute Gasteiger partial charge is 0.346 e. The molecule has 2 aliphatic rings. The predicted molar refractivity (Wildman–Crippen MR) is 104 cm³/mol. The molecule has 4 heterocycles. The number of nitrogens with zero attached hydrogens (tertiary/aromatic N) is 5. The molecular weight excluding hydrogens is 346 g/mol. The van der Waals surface area contributed by atoms with Crippen molar-refractivity contribution in [3.63, 3.8) is 0 Å². The lowest BCUT2D eigenvalue weighted by atomic mass is 9.89. The summed E-state index contributed by atoms with van der Waals surface area (Å²) < 4.78 is 1.98. The second kappa shape index (κ2) is 7.39. The topological polar surface area (TPSA) is 54.3 Å². The Morgan fingerprint density at radius 3 is 2.50 bits per heavy atom. The number of hydrogen-bond donors (Lipinski definition) is 0. The molecule has 1 amide bonds. The van der Waals surface area contributed by atoms with Gasteiger partial charge in [-0.25, -0.2) is 0 Å². The van der Waals surface area contributed by atoms with Crippen molar-refractivity contribution in [2.24, 2.45) is 17.8 Å². The Morgan fingerprint density at radius 2 is 1.77 bits per heavy atom. The lowest BCUT2D eigenvalue weighted by molar-refractivity contribution is -0.138. The molecule has 0 radical (unpaired) electrons. The van der Waals surface area contributed by atoms with E-state index in [9.17, 15) is 4.79 Å². The quantitative estimate of drug-likeness (QED) is 0.830. The fourth-order valence-corrected chi connectivity index (χ4v) is 5.20. The van der Waals surface area contributed by atoms with Crippen LogP contribution < -0.4 is 4.90 Å². The zero-order valence-corrected chi connectivity index (χ0v) is 16.4. The lowest BCUT2D eigenvalue weighted by Crippen LogP contribution is -2.49. The van der Waals surface area contributed by atoms with Crippen LogP contribution in [-0.4, -0.2) is 51.8 Å². The van der Waals surface area contributed by atoms with E-state index in [1.165, 1.54) is 6.42 Å². The lowest BCUT2D eigenvalue weighted by Gasteiger charge is -2.39. The van der Waals surface area contributed by atoms with Gasteiger partial charge < -0.3 is 9.80 Å². The molecule has 2 aliphatic heterocycles. The molecule has 2 fully saturated rings. The SMILES string of the molecule is CC1CC(C)CN(C(=O)C2CCCN(c3nnc(-n4cccc4)s3)C2)C1. The van der Waals surface area contributed by atoms with E-state index in [4.69, 9.17) is 0 Å². The molecule has 3 unspecified atom stereocenters. The smallest absolute Gasteiger partial charge is 0.227 e. The molecule has 3 atom stereocenters. The number of hydrogen-bond acceptors (Lipinski definition) is 5. The molecule has 2 saturated heterocycles. The minimum absolute atomic E-state index is 0.0835. The summed E-state index contributed by atoms with van der Waals surface area (Å²) in [5.74, 6) is 1.63. The highest BCUT2D eigenvalue weighted by molar-refractivity contribution is 7.17. The second-order valence-electron chi connectivity index (χ2n) is 7.93. The number of amides is 1. The number of likely N-dealkylation sites (tertiary alicyclic amines) is 1. The van der Waals surface area contributed by atoms with Gasteiger partial charge >= 0.3 is 0 Å². The summed E-state index contributed by atoms with van der Waals surface area (Å²) in [6.45, 7) is 8.06. The van der Waals surface area contributed by atoms with Gasteiger partial charge in [-0.3, -0.25) is 9.36 Å². The molecule has 2 aromatic heterocycles. The van der Waals surface area contributed by atoms with Gasteiger partial charge in [0, 0.05) is 38.6 Å². The van der Waals surface area contributed by atoms with Crippen molar-refractivity contribution in [2.45, 2.75) is 33.1 Å². The summed E-state index contributed by atoms with van der Waals surface area (Å²) in [4.78, 5) is 17.4. The van der Waals surface area contributed by atoms with E-state index in [1.807, 2.05) is 29.1 Å². The van der Waals surface area contributed by atoms with E-state index in [-0.39, 0.29) is 5.92 Å². The number of aromatic nitrogens is 3. The molecule has 0 aromatic carbocycles. The predicted octanol–water partition coefficient (Wildman–Crippen LogP) is 3.05. The summed E-state index contributed by atoms with van der Waals surface area (Å²) in [5, 5.41) is 10.5. The molecule has 4 rings (SSSR count). The third-order valence-electron chi connectivity index (χ3n) is 5.45. The molecular formula is C19H27N5OS. The third-order valence-corrected chi connectivity index (χ3v) is 6.45. The summed E-state index contributed by atoms with van der Waals surface area (Å²) in [7, 11) is 0. The number of carbonyl (C=O) groups excluding carboxylic acids is 1. The van der Waals surface area contributed by atoms with Gasteiger partial charge in [0.2, 0.25) is 16.2 Å². The molecule has 7 heteroatoms. The zero-order chi connectivity index (χ0) is 18.1. The minimum Gasteiger partial charge on any atom is -0.346 e. The summed E-state index contributed by atoms with van der Waals surface area (Å²) in [5.41, 5.74) is 0. The highest BCUT2D eigenvalue weighted by atomic mass is 32.1. The molecule has 0 saturated carbocycles. The van der Waals surface area contributed by atoms with Crippen molar-refractivity contribution in [2.75, 3.05) is 31.1 Å². The number of rotatable bonds is 3. The van der Waals surface area contributed by atoms with Crippen LogP contribution >= 0.6 is 11.3 Å². The normalized spacial score (nSPS) is 26.9. The van der Waals surface area contributed by atoms with Crippen LogP contribution in [0.3, 0.4) is 0 Å². The molecule has 0 bridgehead atoms. The van der Waals surface area contributed by atoms with Gasteiger partial charge in [-0.2, -0.15) is 0 Å². The van der Waals surface area contributed by atoms with Gasteiger partial charge in [-0.05, 0) is 43.2 Å². The summed E-state index contributed by atoms with van der Waals surface area (Å²) in [6.07, 6.45) is 7.20. The van der Waals surface area contributed by atoms with Crippen LogP contribution in [0.15, 0.2) is 24.5 Å². The standard InChI is InChI=1S/C19H27N5OS/c1-14-10-15(2)12-24(11-14)17(25)16-6-5-9-23(13-16)19-21-20-18(26-19)22-7-3-4-8-22/h3-4,7-8,14-16H,5-6,9-13H2,1-2H3. The first-order valence-corrected chi connectivity index (χ1v) is 10.4. The highest BCUT2D eigenvalue weighted by Gasteiger charge is 2.33. The average molecular weight is 374 g/mol. The Labute approximate surface area is 158 Å². The van der Waals surface area contributed by atoms with Crippen LogP contribution in [0, 0.1) is 17.8 Å². The average Bonchev–Trinajstić information content (AvgIpc) is 3.31.